The van der Waals surface area contributed by atoms with Crippen LogP contribution in [0.4, 0.5) is 5.82 Å². The first kappa shape index (κ1) is 16.6. The van der Waals surface area contributed by atoms with Gasteiger partial charge in [-0.2, -0.15) is 0 Å². The van der Waals surface area contributed by atoms with Crippen molar-refractivity contribution >= 4 is 5.82 Å². The first-order valence-corrected chi connectivity index (χ1v) is 9.54. The zero-order valence-corrected chi connectivity index (χ0v) is 14.8. The minimum Gasteiger partial charge on any atom is -0.351 e. The van der Waals surface area contributed by atoms with Crippen molar-refractivity contribution in [2.24, 2.45) is 5.92 Å². The summed E-state index contributed by atoms with van der Waals surface area (Å²) in [5.41, 5.74) is 1.33. The van der Waals surface area contributed by atoms with E-state index in [1.807, 2.05) is 12.3 Å². The molecule has 2 aliphatic rings. The zero-order valence-electron chi connectivity index (χ0n) is 14.8. The molecule has 0 radical (unpaired) electrons. The van der Waals surface area contributed by atoms with Crippen LogP contribution in [-0.2, 0) is 6.54 Å². The lowest BCUT2D eigenvalue weighted by Gasteiger charge is -2.26. The summed E-state index contributed by atoms with van der Waals surface area (Å²) in [4.78, 5) is 9.56. The molecule has 0 saturated carbocycles. The van der Waals surface area contributed by atoms with Crippen molar-refractivity contribution < 1.29 is 0 Å². The molecule has 4 rings (SSSR count). The van der Waals surface area contributed by atoms with Gasteiger partial charge in [0.15, 0.2) is 0 Å². The standard InChI is InChI=1S/C21H28N4/c1-2-7-18(8-3-1)15-25(21-10-4-5-11-23-21)14-12-22-20-17-24-13-6-9-19(20)16-24/h1-5,7-8,10-11,19-20,22H,6,9,12-17H2. The van der Waals surface area contributed by atoms with E-state index in [1.165, 1.54) is 38.0 Å². The Kier molecular flexibility index (Phi) is 5.28. The second-order valence-corrected chi connectivity index (χ2v) is 7.32. The molecule has 0 spiro atoms. The van der Waals surface area contributed by atoms with Crippen LogP contribution in [0, 0.1) is 5.92 Å². The first-order chi connectivity index (χ1) is 12.4. The highest BCUT2D eigenvalue weighted by Crippen LogP contribution is 2.26. The van der Waals surface area contributed by atoms with Crippen molar-refractivity contribution in [3.05, 3.63) is 60.3 Å². The Hall–Kier alpha value is -1.91. The van der Waals surface area contributed by atoms with Gasteiger partial charge in [0, 0.05) is 45.0 Å². The Morgan fingerprint density at radius 3 is 2.76 bits per heavy atom. The molecule has 1 N–H and O–H groups in total. The van der Waals surface area contributed by atoms with Crippen LogP contribution in [0.5, 0.6) is 0 Å². The van der Waals surface area contributed by atoms with E-state index in [0.29, 0.717) is 6.04 Å². The third kappa shape index (κ3) is 4.20. The predicted octanol–water partition coefficient (Wildman–Crippen LogP) is 2.77. The van der Waals surface area contributed by atoms with Crippen LogP contribution in [0.2, 0.25) is 0 Å². The second-order valence-electron chi connectivity index (χ2n) is 7.32. The fourth-order valence-corrected chi connectivity index (χ4v) is 4.25. The van der Waals surface area contributed by atoms with Gasteiger partial charge >= 0.3 is 0 Å². The minimum atomic E-state index is 0.671. The highest BCUT2D eigenvalue weighted by atomic mass is 15.2. The number of nitrogens with one attached hydrogen (secondary N) is 1. The molecule has 0 amide bonds. The fourth-order valence-electron chi connectivity index (χ4n) is 4.25. The monoisotopic (exact) mass is 336 g/mol. The summed E-state index contributed by atoms with van der Waals surface area (Å²) in [6.45, 7) is 6.72. The van der Waals surface area contributed by atoms with E-state index in [4.69, 9.17) is 0 Å². The van der Waals surface area contributed by atoms with Gasteiger partial charge < -0.3 is 15.1 Å². The molecule has 3 heterocycles. The molecule has 2 aliphatic heterocycles. The molecule has 3 unspecified atom stereocenters. The van der Waals surface area contributed by atoms with Crippen LogP contribution in [0.1, 0.15) is 18.4 Å². The summed E-state index contributed by atoms with van der Waals surface area (Å²) in [7, 11) is 0. The molecule has 2 fully saturated rings. The zero-order chi connectivity index (χ0) is 16.9. The molecule has 2 saturated heterocycles. The lowest BCUT2D eigenvalue weighted by atomic mass is 9.97. The molecule has 0 aliphatic carbocycles. The van der Waals surface area contributed by atoms with Gasteiger partial charge in [0.25, 0.3) is 0 Å². The van der Waals surface area contributed by atoms with Crippen LogP contribution >= 0.6 is 0 Å². The van der Waals surface area contributed by atoms with Crippen LogP contribution in [-0.4, -0.2) is 48.6 Å². The topological polar surface area (TPSA) is 31.4 Å². The van der Waals surface area contributed by atoms with Crippen molar-refractivity contribution in [1.29, 1.82) is 0 Å². The van der Waals surface area contributed by atoms with Crippen molar-refractivity contribution in [2.75, 3.05) is 37.6 Å². The van der Waals surface area contributed by atoms with Gasteiger partial charge in [-0.25, -0.2) is 4.98 Å². The summed E-state index contributed by atoms with van der Waals surface area (Å²) in [6.07, 6.45) is 4.65. The number of rotatable bonds is 7. The molecule has 4 heteroatoms. The Labute approximate surface area is 150 Å². The van der Waals surface area contributed by atoms with Crippen LogP contribution in [0.15, 0.2) is 54.7 Å². The van der Waals surface area contributed by atoms with Crippen LogP contribution in [0.3, 0.4) is 0 Å². The van der Waals surface area contributed by atoms with Crippen LogP contribution in [0.25, 0.3) is 0 Å². The maximum atomic E-state index is 4.57. The SMILES string of the molecule is c1ccc(CN(CCNC2CN3CCCC2C3)c2ccccn2)cc1. The van der Waals surface area contributed by atoms with Gasteiger partial charge in [0.1, 0.15) is 5.82 Å². The molecule has 3 atom stereocenters. The first-order valence-electron chi connectivity index (χ1n) is 9.54. The Bertz CT molecular complexity index is 645. The van der Waals surface area contributed by atoms with Crippen LogP contribution < -0.4 is 10.2 Å². The Morgan fingerprint density at radius 2 is 1.96 bits per heavy atom. The predicted molar refractivity (Wildman–Crippen MR) is 103 cm³/mol. The van der Waals surface area contributed by atoms with Crippen molar-refractivity contribution in [2.45, 2.75) is 25.4 Å². The highest BCUT2D eigenvalue weighted by molar-refractivity contribution is 5.39. The number of hydrogen-bond acceptors (Lipinski definition) is 4. The third-order valence-corrected chi connectivity index (χ3v) is 5.54. The smallest absolute Gasteiger partial charge is 0.128 e. The van der Waals surface area contributed by atoms with E-state index in [0.717, 1.165) is 31.4 Å². The normalized spacial score (nSPS) is 25.0. The van der Waals surface area contributed by atoms with Gasteiger partial charge in [-0.3, -0.25) is 0 Å². The Morgan fingerprint density at radius 1 is 1.08 bits per heavy atom. The molecule has 1 aromatic carbocycles. The van der Waals surface area contributed by atoms with E-state index in [9.17, 15) is 0 Å². The lowest BCUT2D eigenvalue weighted by molar-refractivity contribution is 0.269. The average molecular weight is 336 g/mol. The van der Waals surface area contributed by atoms with E-state index in [2.05, 4.69) is 62.6 Å². The number of benzene rings is 1. The van der Waals surface area contributed by atoms with E-state index < -0.39 is 0 Å². The highest BCUT2D eigenvalue weighted by Gasteiger charge is 2.34. The Balaban J connectivity index is 1.37. The molecular formula is C21H28N4. The minimum absolute atomic E-state index is 0.671. The average Bonchev–Trinajstić information content (AvgIpc) is 2.95. The number of pyridine rings is 1. The number of nitrogens with zero attached hydrogens (tertiary/aromatic N) is 3. The van der Waals surface area contributed by atoms with E-state index in [1.54, 1.807) is 0 Å². The molecule has 1 aromatic heterocycles. The van der Waals surface area contributed by atoms with Gasteiger partial charge in [0.05, 0.1) is 0 Å². The summed E-state index contributed by atoms with van der Waals surface area (Å²) < 4.78 is 0. The molecule has 2 bridgehead atoms. The molecular weight excluding hydrogens is 308 g/mol. The van der Waals surface area contributed by atoms with Crippen molar-refractivity contribution in [3.63, 3.8) is 0 Å². The number of hydrogen-bond donors (Lipinski definition) is 1. The second kappa shape index (κ2) is 7.98. The van der Waals surface area contributed by atoms with Gasteiger partial charge in [0.2, 0.25) is 0 Å². The van der Waals surface area contributed by atoms with Crippen molar-refractivity contribution in [1.82, 2.24) is 15.2 Å². The summed E-state index contributed by atoms with van der Waals surface area (Å²) in [6, 6.07) is 17.5. The maximum absolute atomic E-state index is 4.57. The number of fused-ring (bicyclic) bond motifs is 2. The molecule has 25 heavy (non-hydrogen) atoms. The number of aromatic nitrogens is 1. The number of piperidine rings is 1. The summed E-state index contributed by atoms with van der Waals surface area (Å²) >= 11 is 0. The fraction of sp³-hybridized carbons (Fsp3) is 0.476. The molecule has 132 valence electrons. The van der Waals surface area contributed by atoms with Crippen molar-refractivity contribution in [3.8, 4) is 0 Å². The van der Waals surface area contributed by atoms with E-state index in [-0.39, 0.29) is 0 Å². The van der Waals surface area contributed by atoms with Gasteiger partial charge in [-0.05, 0) is 43.0 Å². The summed E-state index contributed by atoms with van der Waals surface area (Å²) in [5, 5.41) is 3.83. The lowest BCUT2D eigenvalue weighted by Crippen LogP contribution is -2.40. The van der Waals surface area contributed by atoms with E-state index >= 15 is 0 Å². The molecule has 4 nitrogen and oxygen atoms in total. The largest absolute Gasteiger partial charge is 0.351 e. The quantitative estimate of drug-likeness (QED) is 0.842. The van der Waals surface area contributed by atoms with Gasteiger partial charge in [-0.1, -0.05) is 36.4 Å². The third-order valence-electron chi connectivity index (χ3n) is 5.54. The maximum Gasteiger partial charge on any atom is 0.128 e. The number of anilines is 1. The summed E-state index contributed by atoms with van der Waals surface area (Å²) in [5.74, 6) is 1.91. The molecule has 2 aromatic rings. The van der Waals surface area contributed by atoms with Gasteiger partial charge in [-0.15, -0.1) is 0 Å².